The maximum Gasteiger partial charge on any atom is 0.368 e. The first-order chi connectivity index (χ1) is 14.3. The molecule has 2 N–H and O–H groups in total. The number of hydrogen-bond donors (Lipinski definition) is 2. The van der Waals surface area contributed by atoms with Crippen molar-refractivity contribution in [2.45, 2.75) is 51.1 Å². The van der Waals surface area contributed by atoms with Gasteiger partial charge in [0.05, 0.1) is 6.54 Å². The minimum atomic E-state index is 0.724. The highest BCUT2D eigenvalue weighted by Crippen LogP contribution is 2.25. The van der Waals surface area contributed by atoms with Crippen LogP contribution in [-0.4, -0.2) is 22.1 Å². The van der Waals surface area contributed by atoms with Gasteiger partial charge < -0.3 is 5.32 Å². The van der Waals surface area contributed by atoms with Crippen LogP contribution in [0.2, 0.25) is 0 Å². The van der Waals surface area contributed by atoms with Gasteiger partial charge in [0.25, 0.3) is 0 Å². The Morgan fingerprint density at radius 1 is 1.03 bits per heavy atom. The molecule has 0 spiro atoms. The van der Waals surface area contributed by atoms with Crippen LogP contribution >= 0.6 is 15.9 Å². The zero-order chi connectivity index (χ0) is 19.6. The van der Waals surface area contributed by atoms with Crippen molar-refractivity contribution in [3.8, 4) is 11.3 Å². The molecule has 5 heteroatoms. The average Bonchev–Trinajstić information content (AvgIpc) is 3.29. The van der Waals surface area contributed by atoms with Crippen LogP contribution in [0.15, 0.2) is 59.2 Å². The molecule has 4 nitrogen and oxygen atoms in total. The quantitative estimate of drug-likeness (QED) is 0.296. The summed E-state index contributed by atoms with van der Waals surface area (Å²) in [6.07, 6.45) is 10.3. The number of fused-ring (bicyclic) bond motifs is 3. The minimum Gasteiger partial charge on any atom is -0.314 e. The van der Waals surface area contributed by atoms with E-state index in [-0.39, 0.29) is 0 Å². The van der Waals surface area contributed by atoms with Gasteiger partial charge in [-0.25, -0.2) is 9.55 Å². The molecule has 0 radical (unpaired) electrons. The van der Waals surface area contributed by atoms with Crippen LogP contribution in [0.1, 0.15) is 38.5 Å². The van der Waals surface area contributed by atoms with Crippen molar-refractivity contribution in [3.05, 3.63) is 59.2 Å². The number of nitrogens with one attached hydrogen (secondary N) is 2. The van der Waals surface area contributed by atoms with Gasteiger partial charge in [-0.1, -0.05) is 59.5 Å². The fraction of sp³-hybridized carbons (Fsp3) is 0.375. The summed E-state index contributed by atoms with van der Waals surface area (Å²) in [7, 11) is 0. The van der Waals surface area contributed by atoms with E-state index in [9.17, 15) is 0 Å². The fourth-order valence-corrected chi connectivity index (χ4v) is 4.91. The summed E-state index contributed by atoms with van der Waals surface area (Å²) in [5.74, 6) is 1.15. The van der Waals surface area contributed by atoms with E-state index in [2.05, 4.69) is 89.9 Å². The molecular formula is C24H28BrN4+. The summed E-state index contributed by atoms with van der Waals surface area (Å²) >= 11 is 3.56. The van der Waals surface area contributed by atoms with E-state index in [0.29, 0.717) is 0 Å². The van der Waals surface area contributed by atoms with E-state index in [1.54, 1.807) is 0 Å². The number of rotatable bonds is 6. The number of benzene rings is 2. The second kappa shape index (κ2) is 8.33. The smallest absolute Gasteiger partial charge is 0.314 e. The van der Waals surface area contributed by atoms with Gasteiger partial charge in [-0.3, -0.25) is 0 Å². The normalized spacial score (nSPS) is 15.5. The molecule has 5 rings (SSSR count). The molecule has 1 aliphatic rings. The summed E-state index contributed by atoms with van der Waals surface area (Å²) < 4.78 is 5.84. The Labute approximate surface area is 180 Å². The van der Waals surface area contributed by atoms with Gasteiger partial charge in [0.1, 0.15) is 22.9 Å². The third-order valence-electron chi connectivity index (χ3n) is 6.17. The molecule has 0 unspecified atom stereocenters. The summed E-state index contributed by atoms with van der Waals surface area (Å²) in [5.41, 5.74) is 4.90. The third kappa shape index (κ3) is 3.86. The molecule has 2 aromatic heterocycles. The monoisotopic (exact) mass is 451 g/mol. The molecule has 0 atom stereocenters. The van der Waals surface area contributed by atoms with Crippen molar-refractivity contribution in [3.63, 3.8) is 0 Å². The van der Waals surface area contributed by atoms with Crippen LogP contribution in [0.4, 0.5) is 0 Å². The summed E-state index contributed by atoms with van der Waals surface area (Å²) in [6, 6.07) is 17.9. The molecule has 4 aromatic rings. The van der Waals surface area contributed by atoms with Crippen LogP contribution < -0.4 is 9.72 Å². The lowest BCUT2D eigenvalue weighted by Crippen LogP contribution is -2.32. The number of aromatic nitrogens is 3. The Morgan fingerprint density at radius 3 is 2.66 bits per heavy atom. The van der Waals surface area contributed by atoms with E-state index in [0.717, 1.165) is 35.8 Å². The summed E-state index contributed by atoms with van der Waals surface area (Å²) in [5, 5.41) is 3.79. The van der Waals surface area contributed by atoms with Crippen LogP contribution in [0.5, 0.6) is 0 Å². The number of aryl methyl sites for hydroxylation is 1. The Balaban J connectivity index is 1.44. The second-order valence-corrected chi connectivity index (χ2v) is 9.07. The molecule has 0 saturated heterocycles. The Kier molecular flexibility index (Phi) is 5.42. The van der Waals surface area contributed by atoms with E-state index in [4.69, 9.17) is 0 Å². The lowest BCUT2D eigenvalue weighted by Gasteiger charge is -2.22. The van der Waals surface area contributed by atoms with Gasteiger partial charge in [-0.2, -0.15) is 4.40 Å². The first kappa shape index (κ1) is 18.9. The van der Waals surface area contributed by atoms with Gasteiger partial charge >= 0.3 is 5.78 Å². The molecule has 0 aliphatic heterocycles. The second-order valence-electron chi connectivity index (χ2n) is 8.15. The van der Waals surface area contributed by atoms with E-state index in [1.165, 1.54) is 54.4 Å². The highest BCUT2D eigenvalue weighted by molar-refractivity contribution is 9.10. The van der Waals surface area contributed by atoms with E-state index < -0.39 is 0 Å². The Morgan fingerprint density at radius 2 is 1.83 bits per heavy atom. The average molecular weight is 452 g/mol. The number of H-pyrrole nitrogens is 1. The highest BCUT2D eigenvalue weighted by Gasteiger charge is 2.22. The maximum absolute atomic E-state index is 3.79. The van der Waals surface area contributed by atoms with Crippen molar-refractivity contribution < 1.29 is 4.40 Å². The Hall–Kier alpha value is -2.11. The van der Waals surface area contributed by atoms with Crippen LogP contribution in [0.25, 0.3) is 28.1 Å². The van der Waals surface area contributed by atoms with E-state index in [1.807, 2.05) is 0 Å². The first-order valence-electron chi connectivity index (χ1n) is 10.8. The zero-order valence-electron chi connectivity index (χ0n) is 16.7. The lowest BCUT2D eigenvalue weighted by atomic mass is 9.95. The number of hydrogen-bond acceptors (Lipinski definition) is 1. The van der Waals surface area contributed by atoms with Gasteiger partial charge in [0.2, 0.25) is 0 Å². The lowest BCUT2D eigenvalue weighted by molar-refractivity contribution is -0.479. The van der Waals surface area contributed by atoms with Crippen molar-refractivity contribution in [2.75, 3.05) is 6.54 Å². The number of imidazole rings is 2. The van der Waals surface area contributed by atoms with Crippen LogP contribution in [0.3, 0.4) is 0 Å². The molecule has 1 saturated carbocycles. The maximum atomic E-state index is 3.79. The first-order valence-corrected chi connectivity index (χ1v) is 11.6. The topological polar surface area (TPSA) is 36.9 Å². The fourth-order valence-electron chi connectivity index (χ4n) is 4.65. The molecule has 0 amide bonds. The van der Waals surface area contributed by atoms with Crippen molar-refractivity contribution in [1.82, 2.24) is 14.9 Å². The molecule has 1 aliphatic carbocycles. The standard InChI is InChI=1S/C24H27BrN4/c25-19-13-11-18(12-14-19)23-17-29-22-10-5-4-9-21(22)27-24(29)28(23)16-6-15-26-20-7-2-1-3-8-20/h4-5,9-14,17,20,26H,1-3,6-8,15-16H2/p+1. The van der Waals surface area contributed by atoms with Gasteiger partial charge in [-0.05, 0) is 50.1 Å². The van der Waals surface area contributed by atoms with Crippen molar-refractivity contribution in [1.29, 1.82) is 0 Å². The van der Waals surface area contributed by atoms with Crippen LogP contribution in [-0.2, 0) is 6.54 Å². The number of nitrogens with zero attached hydrogens (tertiary/aromatic N) is 2. The Bertz CT molecular complexity index is 1100. The summed E-state index contributed by atoms with van der Waals surface area (Å²) in [4.78, 5) is 3.63. The van der Waals surface area contributed by atoms with Crippen molar-refractivity contribution >= 4 is 32.7 Å². The largest absolute Gasteiger partial charge is 0.368 e. The predicted molar refractivity (Wildman–Crippen MR) is 122 cm³/mol. The molecule has 0 bridgehead atoms. The molecule has 2 heterocycles. The summed E-state index contributed by atoms with van der Waals surface area (Å²) in [6.45, 7) is 2.07. The zero-order valence-corrected chi connectivity index (χ0v) is 18.3. The van der Waals surface area contributed by atoms with Gasteiger partial charge in [0, 0.05) is 16.1 Å². The highest BCUT2D eigenvalue weighted by atomic mass is 79.9. The van der Waals surface area contributed by atoms with Gasteiger partial charge in [0.15, 0.2) is 0 Å². The number of aromatic amines is 1. The third-order valence-corrected chi connectivity index (χ3v) is 6.70. The molecule has 1 fully saturated rings. The van der Waals surface area contributed by atoms with E-state index >= 15 is 0 Å². The molecule has 2 aromatic carbocycles. The molecule has 29 heavy (non-hydrogen) atoms. The van der Waals surface area contributed by atoms with Crippen molar-refractivity contribution in [2.24, 2.45) is 0 Å². The number of para-hydroxylation sites is 2. The molecular weight excluding hydrogens is 424 g/mol. The number of halogens is 1. The van der Waals surface area contributed by atoms with Crippen LogP contribution in [0, 0.1) is 0 Å². The predicted octanol–water partition coefficient (Wildman–Crippen LogP) is 5.45. The molecule has 150 valence electrons. The van der Waals surface area contributed by atoms with Gasteiger partial charge in [-0.15, -0.1) is 0 Å². The SMILES string of the molecule is Brc1ccc(-c2c[n+]3c4ccccc4[nH]c3n2CCCNC2CCCCC2)cc1. The minimum absolute atomic E-state index is 0.724.